The van der Waals surface area contributed by atoms with Crippen molar-refractivity contribution in [2.24, 2.45) is 0 Å². The van der Waals surface area contributed by atoms with Gasteiger partial charge in [-0.15, -0.1) is 11.3 Å². The van der Waals surface area contributed by atoms with Gasteiger partial charge in [-0.05, 0) is 20.0 Å². The lowest BCUT2D eigenvalue weighted by Gasteiger charge is -2.00. The highest BCUT2D eigenvalue weighted by molar-refractivity contribution is 7.15. The predicted molar refractivity (Wildman–Crippen MR) is 82.8 cm³/mol. The number of aromatic nitrogens is 1. The SMILES string of the molecule is CNCc1sc(-c2ccoc2C)nc1-c1ccccc1. The van der Waals surface area contributed by atoms with Gasteiger partial charge in [0.05, 0.1) is 17.5 Å². The molecule has 0 unspecified atom stereocenters. The Morgan fingerprint density at radius 3 is 2.65 bits per heavy atom. The summed E-state index contributed by atoms with van der Waals surface area (Å²) in [5.74, 6) is 0.911. The molecule has 1 N–H and O–H groups in total. The maximum absolute atomic E-state index is 5.38. The summed E-state index contributed by atoms with van der Waals surface area (Å²) >= 11 is 1.72. The number of hydrogen-bond donors (Lipinski definition) is 1. The Labute approximate surface area is 122 Å². The second-order valence-electron chi connectivity index (χ2n) is 4.58. The summed E-state index contributed by atoms with van der Waals surface area (Å²) in [6, 6.07) is 12.3. The highest BCUT2D eigenvalue weighted by atomic mass is 32.1. The van der Waals surface area contributed by atoms with E-state index in [2.05, 4.69) is 17.4 Å². The molecule has 4 heteroatoms. The largest absolute Gasteiger partial charge is 0.469 e. The van der Waals surface area contributed by atoms with E-state index in [1.807, 2.05) is 38.2 Å². The molecule has 2 aromatic heterocycles. The standard InChI is InChI=1S/C16H16N2OS/c1-11-13(8-9-19-11)16-18-15(14(20-16)10-17-2)12-6-4-3-5-7-12/h3-9,17H,10H2,1-2H3. The van der Waals surface area contributed by atoms with E-state index >= 15 is 0 Å². The molecule has 0 saturated carbocycles. The van der Waals surface area contributed by atoms with Gasteiger partial charge in [-0.3, -0.25) is 0 Å². The van der Waals surface area contributed by atoms with E-state index in [1.54, 1.807) is 17.6 Å². The molecule has 0 radical (unpaired) electrons. The quantitative estimate of drug-likeness (QED) is 0.784. The van der Waals surface area contributed by atoms with E-state index in [-0.39, 0.29) is 0 Å². The first-order valence-corrected chi connectivity index (χ1v) is 7.35. The van der Waals surface area contributed by atoms with E-state index < -0.39 is 0 Å². The first kappa shape index (κ1) is 13.1. The number of nitrogens with zero attached hydrogens (tertiary/aromatic N) is 1. The molecule has 1 aromatic carbocycles. The minimum atomic E-state index is 0.818. The Hall–Kier alpha value is -1.91. The van der Waals surface area contributed by atoms with Crippen molar-refractivity contribution in [2.75, 3.05) is 7.05 Å². The molecule has 0 spiro atoms. The maximum Gasteiger partial charge on any atom is 0.127 e. The van der Waals surface area contributed by atoms with Crippen LogP contribution in [0, 0.1) is 6.92 Å². The van der Waals surface area contributed by atoms with Gasteiger partial charge in [-0.2, -0.15) is 0 Å². The van der Waals surface area contributed by atoms with Gasteiger partial charge >= 0.3 is 0 Å². The third-order valence-electron chi connectivity index (χ3n) is 3.17. The Kier molecular flexibility index (Phi) is 3.67. The normalized spacial score (nSPS) is 10.9. The molecule has 2 heterocycles. The Morgan fingerprint density at radius 2 is 2.00 bits per heavy atom. The van der Waals surface area contributed by atoms with Gasteiger partial charge < -0.3 is 9.73 Å². The van der Waals surface area contributed by atoms with Crippen LogP contribution in [0.15, 0.2) is 47.1 Å². The lowest BCUT2D eigenvalue weighted by atomic mass is 10.1. The summed E-state index contributed by atoms with van der Waals surface area (Å²) in [5.41, 5.74) is 3.29. The van der Waals surface area contributed by atoms with Crippen LogP contribution >= 0.6 is 11.3 Å². The molecule has 0 aliphatic heterocycles. The second-order valence-corrected chi connectivity index (χ2v) is 5.66. The van der Waals surface area contributed by atoms with Crippen LogP contribution in [0.2, 0.25) is 0 Å². The van der Waals surface area contributed by atoms with Crippen molar-refractivity contribution in [2.45, 2.75) is 13.5 Å². The average molecular weight is 284 g/mol. The first-order valence-electron chi connectivity index (χ1n) is 6.54. The molecule has 20 heavy (non-hydrogen) atoms. The highest BCUT2D eigenvalue weighted by Crippen LogP contribution is 2.35. The van der Waals surface area contributed by atoms with Gasteiger partial charge in [-0.1, -0.05) is 30.3 Å². The highest BCUT2D eigenvalue weighted by Gasteiger charge is 2.15. The Morgan fingerprint density at radius 1 is 1.20 bits per heavy atom. The van der Waals surface area contributed by atoms with Crippen molar-refractivity contribution in [3.63, 3.8) is 0 Å². The predicted octanol–water partition coefficient (Wildman–Crippen LogP) is 4.10. The van der Waals surface area contributed by atoms with Crippen molar-refractivity contribution < 1.29 is 4.42 Å². The molecule has 0 bridgehead atoms. The number of benzene rings is 1. The lowest BCUT2D eigenvalue weighted by Crippen LogP contribution is -2.04. The molecule has 3 aromatic rings. The van der Waals surface area contributed by atoms with Crippen LogP contribution in [0.1, 0.15) is 10.6 Å². The number of hydrogen-bond acceptors (Lipinski definition) is 4. The van der Waals surface area contributed by atoms with Crippen LogP contribution in [0.5, 0.6) is 0 Å². The monoisotopic (exact) mass is 284 g/mol. The molecule has 0 atom stereocenters. The van der Waals surface area contributed by atoms with E-state index in [0.717, 1.165) is 34.1 Å². The average Bonchev–Trinajstić information content (AvgIpc) is 3.06. The maximum atomic E-state index is 5.38. The van der Waals surface area contributed by atoms with Crippen LogP contribution in [0.3, 0.4) is 0 Å². The fraction of sp³-hybridized carbons (Fsp3) is 0.188. The molecule has 0 aliphatic rings. The van der Waals surface area contributed by atoms with Crippen molar-refractivity contribution in [3.05, 3.63) is 53.3 Å². The summed E-state index contributed by atoms with van der Waals surface area (Å²) < 4.78 is 5.38. The first-order chi connectivity index (χ1) is 9.79. The van der Waals surface area contributed by atoms with Crippen LogP contribution < -0.4 is 5.32 Å². The van der Waals surface area contributed by atoms with Gasteiger partial charge in [0.1, 0.15) is 10.8 Å². The molecule has 0 amide bonds. The molecule has 0 saturated heterocycles. The van der Waals surface area contributed by atoms with Gasteiger partial charge in [0.25, 0.3) is 0 Å². The molecule has 0 aliphatic carbocycles. The van der Waals surface area contributed by atoms with Gasteiger partial charge in [0.2, 0.25) is 0 Å². The van der Waals surface area contributed by atoms with E-state index in [1.165, 1.54) is 4.88 Å². The summed E-state index contributed by atoms with van der Waals surface area (Å²) in [7, 11) is 1.96. The summed E-state index contributed by atoms with van der Waals surface area (Å²) in [6.07, 6.45) is 1.71. The van der Waals surface area contributed by atoms with Crippen molar-refractivity contribution in [1.29, 1.82) is 0 Å². The van der Waals surface area contributed by atoms with Crippen LogP contribution in [0.25, 0.3) is 21.8 Å². The molecule has 3 rings (SSSR count). The smallest absolute Gasteiger partial charge is 0.127 e. The van der Waals surface area contributed by atoms with Crippen molar-refractivity contribution in [3.8, 4) is 21.8 Å². The minimum absolute atomic E-state index is 0.818. The fourth-order valence-electron chi connectivity index (χ4n) is 2.18. The second kappa shape index (κ2) is 5.61. The van der Waals surface area contributed by atoms with Crippen molar-refractivity contribution >= 4 is 11.3 Å². The zero-order valence-corrected chi connectivity index (χ0v) is 12.3. The molecular weight excluding hydrogens is 268 g/mol. The molecule has 3 nitrogen and oxygen atoms in total. The van der Waals surface area contributed by atoms with E-state index in [9.17, 15) is 0 Å². The third-order valence-corrected chi connectivity index (χ3v) is 4.26. The van der Waals surface area contributed by atoms with E-state index in [0.29, 0.717) is 0 Å². The number of aryl methyl sites for hydroxylation is 1. The van der Waals surface area contributed by atoms with Gasteiger partial charge in [0.15, 0.2) is 0 Å². The minimum Gasteiger partial charge on any atom is -0.469 e. The summed E-state index contributed by atoms with van der Waals surface area (Å²) in [4.78, 5) is 6.07. The number of nitrogens with one attached hydrogen (secondary N) is 1. The fourth-order valence-corrected chi connectivity index (χ4v) is 3.34. The van der Waals surface area contributed by atoms with E-state index in [4.69, 9.17) is 9.40 Å². The zero-order chi connectivity index (χ0) is 13.9. The molecule has 0 fully saturated rings. The lowest BCUT2D eigenvalue weighted by molar-refractivity contribution is 0.535. The summed E-state index contributed by atoms with van der Waals surface area (Å²) in [5, 5.41) is 4.23. The van der Waals surface area contributed by atoms with Gasteiger partial charge in [-0.25, -0.2) is 4.98 Å². The Bertz CT molecular complexity index is 700. The molecule has 102 valence electrons. The Balaban J connectivity index is 2.10. The zero-order valence-electron chi connectivity index (χ0n) is 11.5. The number of rotatable bonds is 4. The number of thiazole rings is 1. The van der Waals surface area contributed by atoms with Crippen molar-refractivity contribution in [1.82, 2.24) is 10.3 Å². The van der Waals surface area contributed by atoms with Crippen LogP contribution in [-0.4, -0.2) is 12.0 Å². The third kappa shape index (κ3) is 2.40. The molecular formula is C16H16N2OS. The summed E-state index contributed by atoms with van der Waals surface area (Å²) in [6.45, 7) is 2.79. The topological polar surface area (TPSA) is 38.1 Å². The van der Waals surface area contributed by atoms with Crippen LogP contribution in [-0.2, 0) is 6.54 Å². The van der Waals surface area contributed by atoms with Gasteiger partial charge in [0, 0.05) is 17.0 Å². The van der Waals surface area contributed by atoms with Crippen LogP contribution in [0.4, 0.5) is 0 Å². The number of furan rings is 1.